The van der Waals surface area contributed by atoms with Gasteiger partial charge in [0.15, 0.2) is 0 Å². The molecule has 4 nitrogen and oxygen atoms in total. The van der Waals surface area contributed by atoms with Crippen LogP contribution in [0.3, 0.4) is 0 Å². The number of amides is 1. The molecular weight excluding hydrogens is 262 g/mol. The standard InChI is InChI=1S/C14H17NO3S/c1-3-8-15(9-13(16)17)14(18)12-6-4-11(5-7-12)10-19-2/h3-7H,1,8-10H2,2H3,(H,16,17). The Morgan fingerprint density at radius 3 is 2.47 bits per heavy atom. The molecule has 0 atom stereocenters. The molecule has 0 saturated carbocycles. The Bertz CT molecular complexity index is 456. The van der Waals surface area contributed by atoms with E-state index in [1.54, 1.807) is 23.9 Å². The summed E-state index contributed by atoms with van der Waals surface area (Å²) in [6.45, 7) is 3.43. The molecule has 0 bridgehead atoms. The third-order valence-electron chi connectivity index (χ3n) is 2.47. The monoisotopic (exact) mass is 279 g/mol. The van der Waals surface area contributed by atoms with E-state index in [1.807, 2.05) is 18.4 Å². The van der Waals surface area contributed by atoms with Gasteiger partial charge < -0.3 is 10.0 Å². The molecular formula is C14H17NO3S. The molecule has 1 rings (SSSR count). The largest absolute Gasteiger partial charge is 0.480 e. The van der Waals surface area contributed by atoms with E-state index in [4.69, 9.17) is 5.11 Å². The second-order valence-electron chi connectivity index (χ2n) is 4.00. The zero-order valence-electron chi connectivity index (χ0n) is 10.8. The molecule has 5 heteroatoms. The third kappa shape index (κ3) is 4.79. The van der Waals surface area contributed by atoms with Crippen LogP contribution in [0.1, 0.15) is 15.9 Å². The zero-order chi connectivity index (χ0) is 14.3. The zero-order valence-corrected chi connectivity index (χ0v) is 11.7. The maximum absolute atomic E-state index is 12.1. The average molecular weight is 279 g/mol. The van der Waals surface area contributed by atoms with Gasteiger partial charge in [-0.1, -0.05) is 18.2 Å². The quantitative estimate of drug-likeness (QED) is 0.778. The van der Waals surface area contributed by atoms with Crippen molar-refractivity contribution in [2.24, 2.45) is 0 Å². The highest BCUT2D eigenvalue weighted by Gasteiger charge is 2.17. The lowest BCUT2D eigenvalue weighted by Crippen LogP contribution is -2.35. The number of nitrogens with zero attached hydrogens (tertiary/aromatic N) is 1. The van der Waals surface area contributed by atoms with Crippen LogP contribution in [0.4, 0.5) is 0 Å². The number of hydrogen-bond donors (Lipinski definition) is 1. The van der Waals surface area contributed by atoms with E-state index in [0.29, 0.717) is 5.56 Å². The summed E-state index contributed by atoms with van der Waals surface area (Å²) in [5, 5.41) is 8.79. The maximum atomic E-state index is 12.1. The van der Waals surface area contributed by atoms with Crippen molar-refractivity contribution in [1.29, 1.82) is 0 Å². The van der Waals surface area contributed by atoms with E-state index in [0.717, 1.165) is 11.3 Å². The van der Waals surface area contributed by atoms with Gasteiger partial charge in [0.25, 0.3) is 5.91 Å². The summed E-state index contributed by atoms with van der Waals surface area (Å²) in [6, 6.07) is 7.23. The molecule has 0 spiro atoms. The third-order valence-corrected chi connectivity index (χ3v) is 3.10. The lowest BCUT2D eigenvalue weighted by atomic mass is 10.1. The molecule has 0 aliphatic carbocycles. The van der Waals surface area contributed by atoms with Crippen molar-refractivity contribution in [3.8, 4) is 0 Å². The van der Waals surface area contributed by atoms with Crippen LogP contribution in [0.25, 0.3) is 0 Å². The number of hydrogen-bond acceptors (Lipinski definition) is 3. The molecule has 1 amide bonds. The lowest BCUT2D eigenvalue weighted by Gasteiger charge is -2.18. The van der Waals surface area contributed by atoms with Crippen molar-refractivity contribution in [3.05, 3.63) is 48.0 Å². The first-order valence-electron chi connectivity index (χ1n) is 5.78. The highest BCUT2D eigenvalue weighted by Crippen LogP contribution is 2.12. The summed E-state index contributed by atoms with van der Waals surface area (Å²) in [6.07, 6.45) is 3.53. The summed E-state index contributed by atoms with van der Waals surface area (Å²) in [5.74, 6) is -0.438. The summed E-state index contributed by atoms with van der Waals surface area (Å²) in [7, 11) is 0. The molecule has 0 fully saturated rings. The molecule has 0 saturated heterocycles. The van der Waals surface area contributed by atoms with Crippen molar-refractivity contribution in [1.82, 2.24) is 4.90 Å². The smallest absolute Gasteiger partial charge is 0.323 e. The van der Waals surface area contributed by atoms with Gasteiger partial charge in [-0.2, -0.15) is 11.8 Å². The van der Waals surface area contributed by atoms with E-state index in [-0.39, 0.29) is 19.0 Å². The van der Waals surface area contributed by atoms with E-state index < -0.39 is 5.97 Å². The second kappa shape index (κ2) is 7.63. The Balaban J connectivity index is 2.83. The van der Waals surface area contributed by atoms with Gasteiger partial charge in [0, 0.05) is 17.9 Å². The van der Waals surface area contributed by atoms with Gasteiger partial charge in [0.1, 0.15) is 6.54 Å². The molecule has 0 aromatic heterocycles. The first kappa shape index (κ1) is 15.3. The number of carboxylic acid groups (broad SMARTS) is 1. The molecule has 1 aromatic rings. The Morgan fingerprint density at radius 1 is 1.37 bits per heavy atom. The molecule has 0 radical (unpaired) electrons. The molecule has 0 aliphatic heterocycles. The molecule has 1 aromatic carbocycles. The van der Waals surface area contributed by atoms with Gasteiger partial charge in [0.05, 0.1) is 0 Å². The Hall–Kier alpha value is -1.75. The van der Waals surface area contributed by atoms with E-state index in [9.17, 15) is 9.59 Å². The van der Waals surface area contributed by atoms with Gasteiger partial charge >= 0.3 is 5.97 Å². The van der Waals surface area contributed by atoms with Crippen molar-refractivity contribution in [3.63, 3.8) is 0 Å². The van der Waals surface area contributed by atoms with Crippen LogP contribution in [0, 0.1) is 0 Å². The van der Waals surface area contributed by atoms with Crippen molar-refractivity contribution in [2.75, 3.05) is 19.3 Å². The van der Waals surface area contributed by atoms with Crippen LogP contribution in [-0.2, 0) is 10.5 Å². The average Bonchev–Trinajstić information content (AvgIpc) is 2.38. The summed E-state index contributed by atoms with van der Waals surface area (Å²) in [5.41, 5.74) is 1.63. The van der Waals surface area contributed by atoms with Gasteiger partial charge in [0.2, 0.25) is 0 Å². The number of carbonyl (C=O) groups excluding carboxylic acids is 1. The van der Waals surface area contributed by atoms with Crippen molar-refractivity contribution < 1.29 is 14.7 Å². The highest BCUT2D eigenvalue weighted by atomic mass is 32.2. The minimum absolute atomic E-state index is 0.220. The molecule has 19 heavy (non-hydrogen) atoms. The lowest BCUT2D eigenvalue weighted by molar-refractivity contribution is -0.137. The fourth-order valence-electron chi connectivity index (χ4n) is 1.63. The van der Waals surface area contributed by atoms with Crippen LogP contribution in [0.5, 0.6) is 0 Å². The van der Waals surface area contributed by atoms with Crippen LogP contribution in [0.2, 0.25) is 0 Å². The summed E-state index contributed by atoms with van der Waals surface area (Å²) >= 11 is 1.71. The molecule has 0 heterocycles. The van der Waals surface area contributed by atoms with Crippen LogP contribution >= 0.6 is 11.8 Å². The number of rotatable bonds is 7. The van der Waals surface area contributed by atoms with Crippen LogP contribution in [-0.4, -0.2) is 41.2 Å². The fourth-order valence-corrected chi connectivity index (χ4v) is 2.16. The topological polar surface area (TPSA) is 57.6 Å². The highest BCUT2D eigenvalue weighted by molar-refractivity contribution is 7.97. The number of carbonyl (C=O) groups is 2. The van der Waals surface area contributed by atoms with Gasteiger partial charge in [-0.25, -0.2) is 0 Å². The molecule has 102 valence electrons. The fraction of sp³-hybridized carbons (Fsp3) is 0.286. The Labute approximate surface area is 117 Å². The maximum Gasteiger partial charge on any atom is 0.323 e. The van der Waals surface area contributed by atoms with Gasteiger partial charge in [-0.15, -0.1) is 6.58 Å². The molecule has 1 N–H and O–H groups in total. The normalized spacial score (nSPS) is 9.95. The van der Waals surface area contributed by atoms with Crippen molar-refractivity contribution in [2.45, 2.75) is 5.75 Å². The summed E-state index contributed by atoms with van der Waals surface area (Å²) < 4.78 is 0. The first-order valence-corrected chi connectivity index (χ1v) is 7.17. The number of aliphatic carboxylic acids is 1. The van der Waals surface area contributed by atoms with Crippen LogP contribution in [0.15, 0.2) is 36.9 Å². The van der Waals surface area contributed by atoms with Crippen molar-refractivity contribution >= 4 is 23.6 Å². The predicted octanol–water partition coefficient (Wildman–Crippen LogP) is 2.26. The molecule has 0 unspecified atom stereocenters. The SMILES string of the molecule is C=CCN(CC(=O)O)C(=O)c1ccc(CSC)cc1. The van der Waals surface area contributed by atoms with Crippen LogP contribution < -0.4 is 0 Å². The van der Waals surface area contributed by atoms with Gasteiger partial charge in [-0.3, -0.25) is 9.59 Å². The Morgan fingerprint density at radius 2 is 2.00 bits per heavy atom. The predicted molar refractivity (Wildman–Crippen MR) is 77.4 cm³/mol. The van der Waals surface area contributed by atoms with E-state index in [1.165, 1.54) is 11.0 Å². The molecule has 0 aliphatic rings. The number of carboxylic acids is 1. The summed E-state index contributed by atoms with van der Waals surface area (Å²) in [4.78, 5) is 24.1. The van der Waals surface area contributed by atoms with Gasteiger partial charge in [-0.05, 0) is 24.0 Å². The number of benzene rings is 1. The first-order chi connectivity index (χ1) is 9.08. The second-order valence-corrected chi connectivity index (χ2v) is 4.86. The van der Waals surface area contributed by atoms with E-state index in [2.05, 4.69) is 6.58 Å². The minimum Gasteiger partial charge on any atom is -0.480 e. The van der Waals surface area contributed by atoms with E-state index >= 15 is 0 Å². The minimum atomic E-state index is -1.03. The Kier molecular flexibility index (Phi) is 6.15. The number of thioether (sulfide) groups is 1.